The van der Waals surface area contributed by atoms with Crippen LogP contribution in [-0.2, 0) is 21.4 Å². The first-order chi connectivity index (χ1) is 12.7. The average molecular weight is 394 g/mol. The zero-order chi connectivity index (χ0) is 20.0. The summed E-state index contributed by atoms with van der Waals surface area (Å²) < 4.78 is 38.3. The second-order valence-corrected chi connectivity index (χ2v) is 8.47. The van der Waals surface area contributed by atoms with E-state index in [9.17, 15) is 13.2 Å². The van der Waals surface area contributed by atoms with E-state index in [-0.39, 0.29) is 23.3 Å². The largest absolute Gasteiger partial charge is 0.497 e. The third kappa shape index (κ3) is 5.83. The molecule has 1 aromatic heterocycles. The van der Waals surface area contributed by atoms with Crippen molar-refractivity contribution in [3.8, 4) is 5.75 Å². The summed E-state index contributed by atoms with van der Waals surface area (Å²) in [7, 11) is -0.714. The number of furan rings is 1. The highest BCUT2D eigenvalue weighted by Gasteiger charge is 2.29. The summed E-state index contributed by atoms with van der Waals surface area (Å²) in [5.41, 5.74) is 0. The predicted molar refractivity (Wildman–Crippen MR) is 102 cm³/mol. The smallest absolute Gasteiger partial charge is 0.241 e. The van der Waals surface area contributed by atoms with E-state index in [2.05, 4.69) is 4.72 Å². The number of nitrogens with zero attached hydrogens (tertiary/aromatic N) is 1. The molecule has 148 valence electrons. The van der Waals surface area contributed by atoms with Crippen molar-refractivity contribution >= 4 is 15.9 Å². The van der Waals surface area contributed by atoms with Gasteiger partial charge in [0.25, 0.3) is 0 Å². The Kier molecular flexibility index (Phi) is 7.04. The molecule has 1 aromatic carbocycles. The summed E-state index contributed by atoms with van der Waals surface area (Å²) in [6, 6.07) is 8.68. The Hall–Kier alpha value is -2.32. The zero-order valence-electron chi connectivity index (χ0n) is 16.0. The van der Waals surface area contributed by atoms with E-state index < -0.39 is 16.1 Å². The Balaban J connectivity index is 2.17. The number of carbonyl (C=O) groups is 1. The maximum Gasteiger partial charge on any atom is 0.241 e. The molecule has 1 unspecified atom stereocenters. The fourth-order valence-electron chi connectivity index (χ4n) is 2.66. The number of amides is 1. The third-order valence-corrected chi connectivity index (χ3v) is 5.51. The highest BCUT2D eigenvalue weighted by Crippen LogP contribution is 2.18. The molecule has 8 heteroatoms. The van der Waals surface area contributed by atoms with E-state index in [0.29, 0.717) is 17.9 Å². The maximum atomic E-state index is 12.9. The number of ether oxygens (including phenoxy) is 1. The van der Waals surface area contributed by atoms with Gasteiger partial charge in [0, 0.05) is 7.05 Å². The van der Waals surface area contributed by atoms with Crippen molar-refractivity contribution in [3.63, 3.8) is 0 Å². The number of sulfonamides is 1. The molecule has 1 amide bonds. The average Bonchev–Trinajstić information content (AvgIpc) is 3.13. The first kappa shape index (κ1) is 21.0. The lowest BCUT2D eigenvalue weighted by molar-refractivity contribution is -0.132. The van der Waals surface area contributed by atoms with Crippen LogP contribution in [0.2, 0.25) is 0 Å². The van der Waals surface area contributed by atoms with Crippen LogP contribution in [0.15, 0.2) is 52.0 Å². The Labute approximate surface area is 160 Å². The Morgan fingerprint density at radius 3 is 2.41 bits per heavy atom. The number of hydrogen-bond donors (Lipinski definition) is 1. The summed E-state index contributed by atoms with van der Waals surface area (Å²) in [6.45, 7) is 4.15. The number of carbonyl (C=O) groups excluding carboxylic acids is 1. The summed E-state index contributed by atoms with van der Waals surface area (Å²) in [5.74, 6) is 1.01. The van der Waals surface area contributed by atoms with Gasteiger partial charge in [0.05, 0.1) is 24.8 Å². The fraction of sp³-hybridized carbons (Fsp3) is 0.421. The summed E-state index contributed by atoms with van der Waals surface area (Å²) in [5, 5.41) is 0. The van der Waals surface area contributed by atoms with Gasteiger partial charge in [-0.2, -0.15) is 4.72 Å². The van der Waals surface area contributed by atoms with Crippen LogP contribution in [0.5, 0.6) is 5.75 Å². The van der Waals surface area contributed by atoms with Crippen molar-refractivity contribution in [2.75, 3.05) is 14.2 Å². The first-order valence-electron chi connectivity index (χ1n) is 8.66. The first-order valence-corrected chi connectivity index (χ1v) is 10.1. The van der Waals surface area contributed by atoms with Gasteiger partial charge in [-0.3, -0.25) is 4.79 Å². The van der Waals surface area contributed by atoms with Crippen LogP contribution in [0.25, 0.3) is 0 Å². The summed E-state index contributed by atoms with van der Waals surface area (Å²) in [4.78, 5) is 14.4. The molecular formula is C19H26N2O5S. The lowest BCUT2D eigenvalue weighted by Gasteiger charge is -2.25. The van der Waals surface area contributed by atoms with Crippen LogP contribution < -0.4 is 9.46 Å². The molecule has 0 saturated heterocycles. The van der Waals surface area contributed by atoms with Gasteiger partial charge in [-0.15, -0.1) is 0 Å². The predicted octanol–water partition coefficient (Wildman–Crippen LogP) is 2.64. The Morgan fingerprint density at radius 1 is 1.22 bits per heavy atom. The highest BCUT2D eigenvalue weighted by molar-refractivity contribution is 7.89. The number of methoxy groups -OCH3 is 1. The highest BCUT2D eigenvalue weighted by atomic mass is 32.2. The second-order valence-electron chi connectivity index (χ2n) is 6.75. The number of hydrogen-bond acceptors (Lipinski definition) is 5. The minimum absolute atomic E-state index is 0.0820. The molecule has 0 fully saturated rings. The molecule has 0 spiro atoms. The zero-order valence-corrected chi connectivity index (χ0v) is 16.8. The molecule has 0 bridgehead atoms. The van der Waals surface area contributed by atoms with Crippen molar-refractivity contribution in [1.82, 2.24) is 9.62 Å². The van der Waals surface area contributed by atoms with Gasteiger partial charge in [0.2, 0.25) is 15.9 Å². The topological polar surface area (TPSA) is 88.8 Å². The van der Waals surface area contributed by atoms with Crippen LogP contribution >= 0.6 is 0 Å². The van der Waals surface area contributed by atoms with Crippen LogP contribution in [0.1, 0.15) is 26.0 Å². The lowest BCUT2D eigenvalue weighted by Crippen LogP contribution is -2.47. The van der Waals surface area contributed by atoms with Gasteiger partial charge < -0.3 is 14.1 Å². The van der Waals surface area contributed by atoms with Gasteiger partial charge >= 0.3 is 0 Å². The number of likely N-dealkylation sites (N-methyl/N-ethyl adjacent to an activating group) is 1. The molecule has 0 aliphatic heterocycles. The quantitative estimate of drug-likeness (QED) is 0.706. The molecule has 2 rings (SSSR count). The van der Waals surface area contributed by atoms with E-state index >= 15 is 0 Å². The minimum atomic E-state index is -3.85. The van der Waals surface area contributed by atoms with Crippen molar-refractivity contribution in [1.29, 1.82) is 0 Å². The lowest BCUT2D eigenvalue weighted by atomic mass is 10.0. The van der Waals surface area contributed by atoms with Crippen molar-refractivity contribution in [2.24, 2.45) is 5.92 Å². The number of nitrogens with one attached hydrogen (secondary N) is 1. The van der Waals surface area contributed by atoms with Crippen molar-refractivity contribution in [2.45, 2.75) is 37.8 Å². The van der Waals surface area contributed by atoms with E-state index in [1.165, 1.54) is 30.4 Å². The summed E-state index contributed by atoms with van der Waals surface area (Å²) in [6.07, 6.45) is 1.92. The Morgan fingerprint density at radius 2 is 1.89 bits per heavy atom. The van der Waals surface area contributed by atoms with Gasteiger partial charge in [0.15, 0.2) is 0 Å². The van der Waals surface area contributed by atoms with E-state index in [1.54, 1.807) is 31.3 Å². The molecule has 1 atom stereocenters. The maximum absolute atomic E-state index is 12.9. The molecule has 1 N–H and O–H groups in total. The van der Waals surface area contributed by atoms with E-state index in [4.69, 9.17) is 9.15 Å². The Bertz CT molecular complexity index is 829. The monoisotopic (exact) mass is 394 g/mol. The molecule has 27 heavy (non-hydrogen) atoms. The molecule has 1 heterocycles. The number of rotatable bonds is 9. The van der Waals surface area contributed by atoms with Crippen LogP contribution in [0.4, 0.5) is 0 Å². The standard InChI is InChI=1S/C19H26N2O5S/c1-14(2)12-18(19(22)21(3)13-16-6-5-11-26-16)20-27(23,24)17-9-7-15(25-4)8-10-17/h5-11,14,18,20H,12-13H2,1-4H3. The molecular weight excluding hydrogens is 368 g/mol. The van der Waals surface area contributed by atoms with Crippen LogP contribution in [0, 0.1) is 5.92 Å². The van der Waals surface area contributed by atoms with Gasteiger partial charge in [-0.25, -0.2) is 8.42 Å². The van der Waals surface area contributed by atoms with Crippen LogP contribution in [0.3, 0.4) is 0 Å². The summed E-state index contributed by atoms with van der Waals surface area (Å²) >= 11 is 0. The van der Waals surface area contributed by atoms with E-state index in [1.807, 2.05) is 13.8 Å². The fourth-order valence-corrected chi connectivity index (χ4v) is 3.86. The third-order valence-electron chi connectivity index (χ3n) is 4.02. The molecule has 0 aliphatic carbocycles. The normalized spacial score (nSPS) is 12.8. The molecule has 0 aliphatic rings. The molecule has 0 saturated carbocycles. The molecule has 2 aromatic rings. The van der Waals surface area contributed by atoms with Gasteiger partial charge in [-0.05, 0) is 48.7 Å². The van der Waals surface area contributed by atoms with E-state index in [0.717, 1.165) is 0 Å². The van der Waals surface area contributed by atoms with Crippen molar-refractivity contribution < 1.29 is 22.4 Å². The van der Waals surface area contributed by atoms with Gasteiger partial charge in [-0.1, -0.05) is 13.8 Å². The second kappa shape index (κ2) is 9.05. The molecule has 0 radical (unpaired) electrons. The van der Waals surface area contributed by atoms with Crippen LogP contribution in [-0.4, -0.2) is 39.4 Å². The molecule has 7 nitrogen and oxygen atoms in total. The minimum Gasteiger partial charge on any atom is -0.497 e. The van der Waals surface area contributed by atoms with Gasteiger partial charge in [0.1, 0.15) is 17.6 Å². The SMILES string of the molecule is COc1ccc(S(=O)(=O)NC(CC(C)C)C(=O)N(C)Cc2ccco2)cc1. The van der Waals surface area contributed by atoms with Crippen molar-refractivity contribution in [3.05, 3.63) is 48.4 Å². The number of benzene rings is 1.